The molecule has 4 rings (SSSR count). The number of furan rings is 1. The van der Waals surface area contributed by atoms with Gasteiger partial charge in [0.2, 0.25) is 17.6 Å². The summed E-state index contributed by atoms with van der Waals surface area (Å²) >= 11 is 5.85. The van der Waals surface area contributed by atoms with E-state index in [1.807, 2.05) is 0 Å². The lowest BCUT2D eigenvalue weighted by Gasteiger charge is -2.28. The van der Waals surface area contributed by atoms with Crippen molar-refractivity contribution in [2.45, 2.75) is 25.7 Å². The molecule has 172 valence electrons. The molecule has 0 atom stereocenters. The van der Waals surface area contributed by atoms with Crippen molar-refractivity contribution < 1.29 is 18.8 Å². The Labute approximate surface area is 195 Å². The van der Waals surface area contributed by atoms with Crippen LogP contribution in [-0.4, -0.2) is 46.7 Å². The molecule has 3 heterocycles. The van der Waals surface area contributed by atoms with E-state index >= 15 is 0 Å². The van der Waals surface area contributed by atoms with Gasteiger partial charge >= 0.3 is 0 Å². The molecular formula is C23H24ClN5O4. The van der Waals surface area contributed by atoms with Crippen LogP contribution in [0.4, 0.5) is 11.5 Å². The van der Waals surface area contributed by atoms with Crippen molar-refractivity contribution in [1.82, 2.24) is 14.9 Å². The lowest BCUT2D eigenvalue weighted by Crippen LogP contribution is -2.35. The summed E-state index contributed by atoms with van der Waals surface area (Å²) in [6.45, 7) is 0. The number of carbonyl (C=O) groups excluding carboxylic acids is 3. The molecule has 3 aromatic heterocycles. The van der Waals surface area contributed by atoms with E-state index in [-0.39, 0.29) is 35.1 Å². The van der Waals surface area contributed by atoms with Crippen LogP contribution in [0.15, 0.2) is 41.1 Å². The van der Waals surface area contributed by atoms with Crippen molar-refractivity contribution in [2.24, 2.45) is 11.8 Å². The highest BCUT2D eigenvalue weighted by atomic mass is 35.5. The van der Waals surface area contributed by atoms with Gasteiger partial charge in [0.25, 0.3) is 5.91 Å². The van der Waals surface area contributed by atoms with Gasteiger partial charge < -0.3 is 20.0 Å². The fraction of sp³-hybridized carbons (Fsp3) is 0.348. The van der Waals surface area contributed by atoms with Gasteiger partial charge in [-0.2, -0.15) is 0 Å². The van der Waals surface area contributed by atoms with E-state index in [1.54, 1.807) is 49.5 Å². The van der Waals surface area contributed by atoms with Gasteiger partial charge in [-0.3, -0.25) is 19.4 Å². The number of nitrogens with zero attached hydrogens (tertiary/aromatic N) is 3. The molecule has 0 aromatic carbocycles. The van der Waals surface area contributed by atoms with E-state index in [2.05, 4.69) is 20.6 Å². The predicted octanol–water partition coefficient (Wildman–Crippen LogP) is 3.96. The van der Waals surface area contributed by atoms with Crippen LogP contribution in [0.3, 0.4) is 0 Å². The number of nitrogens with one attached hydrogen (secondary N) is 2. The fourth-order valence-corrected chi connectivity index (χ4v) is 4.13. The maximum Gasteiger partial charge on any atom is 0.294 e. The standard InChI is InChI=1S/C23H24ClN5O4/c1-29(2)23(32)14-7-5-13(6-8-14)21(30)28-19-18-16(4-3-11-25-18)33-20(19)22(31)27-17-10-9-15(24)12-26-17/h3-4,9-14H,5-8H2,1-2H3,(H,28,30)(H,26,27,31)/t13-,14-. The molecule has 1 saturated carbocycles. The largest absolute Gasteiger partial charge is 0.447 e. The van der Waals surface area contributed by atoms with Crippen LogP contribution in [0.25, 0.3) is 11.1 Å². The first-order chi connectivity index (χ1) is 15.8. The number of fused-ring (bicyclic) bond motifs is 1. The molecule has 3 amide bonds. The maximum atomic E-state index is 13.1. The van der Waals surface area contributed by atoms with E-state index in [9.17, 15) is 14.4 Å². The number of rotatable bonds is 5. The summed E-state index contributed by atoms with van der Waals surface area (Å²) in [4.78, 5) is 48.1. The van der Waals surface area contributed by atoms with Crippen LogP contribution in [0.5, 0.6) is 0 Å². The van der Waals surface area contributed by atoms with Gasteiger partial charge in [-0.1, -0.05) is 11.6 Å². The molecule has 2 N–H and O–H groups in total. The Bertz CT molecular complexity index is 1180. The van der Waals surface area contributed by atoms with E-state index in [4.69, 9.17) is 16.0 Å². The minimum absolute atomic E-state index is 0.0614. The van der Waals surface area contributed by atoms with Crippen LogP contribution in [0.2, 0.25) is 5.02 Å². The van der Waals surface area contributed by atoms with Gasteiger partial charge in [-0.25, -0.2) is 4.98 Å². The summed E-state index contributed by atoms with van der Waals surface area (Å²) in [5.74, 6) is -0.804. The highest BCUT2D eigenvalue weighted by Crippen LogP contribution is 2.34. The van der Waals surface area contributed by atoms with Crippen LogP contribution < -0.4 is 10.6 Å². The number of hydrogen-bond donors (Lipinski definition) is 2. The lowest BCUT2D eigenvalue weighted by molar-refractivity contribution is -0.135. The monoisotopic (exact) mass is 469 g/mol. The minimum atomic E-state index is -0.571. The fourth-order valence-electron chi connectivity index (χ4n) is 4.02. The average Bonchev–Trinajstić information content (AvgIpc) is 3.18. The Morgan fingerprint density at radius 3 is 2.42 bits per heavy atom. The third-order valence-corrected chi connectivity index (χ3v) is 5.98. The molecule has 33 heavy (non-hydrogen) atoms. The second kappa shape index (κ2) is 9.58. The van der Waals surface area contributed by atoms with Gasteiger partial charge in [-0.15, -0.1) is 0 Å². The second-order valence-electron chi connectivity index (χ2n) is 8.24. The summed E-state index contributed by atoms with van der Waals surface area (Å²) in [6, 6.07) is 6.52. The summed E-state index contributed by atoms with van der Waals surface area (Å²) in [6.07, 6.45) is 5.46. The third-order valence-electron chi connectivity index (χ3n) is 5.76. The van der Waals surface area contributed by atoms with Crippen LogP contribution in [0.1, 0.15) is 36.2 Å². The molecule has 0 radical (unpaired) electrons. The Kier molecular flexibility index (Phi) is 6.60. The van der Waals surface area contributed by atoms with Gasteiger partial charge in [-0.05, 0) is 49.9 Å². The summed E-state index contributed by atoms with van der Waals surface area (Å²) in [5.41, 5.74) is 0.979. The van der Waals surface area contributed by atoms with Crippen LogP contribution in [-0.2, 0) is 9.59 Å². The molecule has 0 bridgehead atoms. The van der Waals surface area contributed by atoms with Gasteiger partial charge in [0, 0.05) is 38.3 Å². The van der Waals surface area contributed by atoms with Crippen LogP contribution in [0, 0.1) is 11.8 Å². The number of carbonyl (C=O) groups is 3. The maximum absolute atomic E-state index is 13.1. The Hall–Kier alpha value is -3.46. The molecule has 1 aliphatic rings. The average molecular weight is 470 g/mol. The normalized spacial score (nSPS) is 18.0. The van der Waals surface area contributed by atoms with E-state index < -0.39 is 5.91 Å². The highest BCUT2D eigenvalue weighted by molar-refractivity contribution is 6.30. The number of hydrogen-bond acceptors (Lipinski definition) is 6. The summed E-state index contributed by atoms with van der Waals surface area (Å²) in [7, 11) is 3.48. The first-order valence-corrected chi connectivity index (χ1v) is 11.0. The Balaban J connectivity index is 1.52. The summed E-state index contributed by atoms with van der Waals surface area (Å²) in [5, 5.41) is 5.94. The Morgan fingerprint density at radius 1 is 1.03 bits per heavy atom. The predicted molar refractivity (Wildman–Crippen MR) is 124 cm³/mol. The third kappa shape index (κ3) is 4.98. The topological polar surface area (TPSA) is 117 Å². The SMILES string of the molecule is CN(C)C(=O)[C@H]1CC[C@H](C(=O)Nc2c(C(=O)Nc3ccc(Cl)cn3)oc3cccnc23)CC1. The van der Waals surface area contributed by atoms with Crippen molar-refractivity contribution in [3.8, 4) is 0 Å². The van der Waals surface area contributed by atoms with Gasteiger partial charge in [0.15, 0.2) is 5.58 Å². The van der Waals surface area contributed by atoms with Crippen LogP contribution >= 0.6 is 11.6 Å². The molecule has 1 fully saturated rings. The van der Waals surface area contributed by atoms with E-state index in [1.165, 1.54) is 6.20 Å². The van der Waals surface area contributed by atoms with Crippen molar-refractivity contribution in [1.29, 1.82) is 0 Å². The zero-order chi connectivity index (χ0) is 23.5. The molecule has 0 aliphatic heterocycles. The number of halogens is 1. The molecule has 0 unspecified atom stereocenters. The van der Waals surface area contributed by atoms with E-state index in [0.29, 0.717) is 47.6 Å². The van der Waals surface area contributed by atoms with Crippen molar-refractivity contribution in [3.05, 3.63) is 47.4 Å². The molecule has 9 nitrogen and oxygen atoms in total. The van der Waals surface area contributed by atoms with E-state index in [0.717, 1.165) is 0 Å². The first-order valence-electron chi connectivity index (χ1n) is 10.7. The number of pyridine rings is 2. The highest BCUT2D eigenvalue weighted by Gasteiger charge is 2.32. The van der Waals surface area contributed by atoms with Crippen molar-refractivity contribution >= 4 is 51.9 Å². The number of amides is 3. The Morgan fingerprint density at radius 2 is 1.76 bits per heavy atom. The lowest BCUT2D eigenvalue weighted by atomic mass is 9.81. The smallest absolute Gasteiger partial charge is 0.294 e. The number of aromatic nitrogens is 2. The summed E-state index contributed by atoms with van der Waals surface area (Å²) < 4.78 is 5.73. The van der Waals surface area contributed by atoms with Gasteiger partial charge in [0.05, 0.1) is 5.02 Å². The molecule has 1 aliphatic carbocycles. The molecule has 10 heteroatoms. The van der Waals surface area contributed by atoms with Crippen molar-refractivity contribution in [2.75, 3.05) is 24.7 Å². The zero-order valence-corrected chi connectivity index (χ0v) is 19.1. The second-order valence-corrected chi connectivity index (χ2v) is 8.68. The molecule has 0 spiro atoms. The molecular weight excluding hydrogens is 446 g/mol. The molecule has 0 saturated heterocycles. The zero-order valence-electron chi connectivity index (χ0n) is 18.3. The first kappa shape index (κ1) is 22.7. The number of anilines is 2. The minimum Gasteiger partial charge on any atom is -0.447 e. The van der Waals surface area contributed by atoms with Gasteiger partial charge in [0.1, 0.15) is 17.0 Å². The van der Waals surface area contributed by atoms with Crippen molar-refractivity contribution in [3.63, 3.8) is 0 Å². The molecule has 3 aromatic rings. The quantitative estimate of drug-likeness (QED) is 0.584.